The van der Waals surface area contributed by atoms with Crippen molar-refractivity contribution in [2.24, 2.45) is 0 Å². The molecule has 1 aromatic rings. The van der Waals surface area contributed by atoms with E-state index in [1.165, 1.54) is 6.07 Å². The molecule has 0 fully saturated rings. The van der Waals surface area contributed by atoms with Gasteiger partial charge in [-0.2, -0.15) is 0 Å². The smallest absolute Gasteiger partial charge is 0.254 e. The second-order valence-corrected chi connectivity index (χ2v) is 4.30. The van der Waals surface area contributed by atoms with Crippen LogP contribution in [0, 0.1) is 12.7 Å². The number of rotatable bonds is 5. The van der Waals surface area contributed by atoms with Gasteiger partial charge in [0, 0.05) is 19.1 Å². The highest BCUT2D eigenvalue weighted by atomic mass is 19.1. The zero-order valence-corrected chi connectivity index (χ0v) is 10.5. The van der Waals surface area contributed by atoms with E-state index in [1.54, 1.807) is 19.1 Å². The largest absolute Gasteiger partial charge is 0.351 e. The Bertz CT molecular complexity index is 391. The molecule has 0 aliphatic rings. The Labute approximate surface area is 101 Å². The fourth-order valence-corrected chi connectivity index (χ4v) is 1.45. The van der Waals surface area contributed by atoms with Gasteiger partial charge in [-0.05, 0) is 18.6 Å². The minimum Gasteiger partial charge on any atom is -0.351 e. The number of benzene rings is 1. The van der Waals surface area contributed by atoms with Crippen LogP contribution < -0.4 is 10.6 Å². The lowest BCUT2D eigenvalue weighted by Gasteiger charge is -2.10. The first-order chi connectivity index (χ1) is 8.02. The first kappa shape index (κ1) is 13.6. The molecule has 0 atom stereocenters. The average Bonchev–Trinajstić information content (AvgIpc) is 2.27. The van der Waals surface area contributed by atoms with Crippen LogP contribution in [0.4, 0.5) is 4.39 Å². The highest BCUT2D eigenvalue weighted by Gasteiger charge is 2.12. The minimum atomic E-state index is -0.443. The number of halogens is 1. The van der Waals surface area contributed by atoms with Gasteiger partial charge in [0.15, 0.2) is 0 Å². The van der Waals surface area contributed by atoms with Crippen molar-refractivity contribution in [3.05, 3.63) is 35.1 Å². The highest BCUT2D eigenvalue weighted by Crippen LogP contribution is 2.11. The SMILES string of the molecule is Cc1cccc(C(=O)NCCNC(C)C)c1F. The second-order valence-electron chi connectivity index (χ2n) is 4.30. The molecule has 4 heteroatoms. The van der Waals surface area contributed by atoms with E-state index in [2.05, 4.69) is 10.6 Å². The summed E-state index contributed by atoms with van der Waals surface area (Å²) in [4.78, 5) is 11.7. The van der Waals surface area contributed by atoms with Gasteiger partial charge in [0.05, 0.1) is 5.56 Å². The lowest BCUT2D eigenvalue weighted by molar-refractivity contribution is 0.0949. The molecule has 0 saturated carbocycles. The predicted octanol–water partition coefficient (Wildman–Crippen LogP) is 1.86. The lowest BCUT2D eigenvalue weighted by Crippen LogP contribution is -2.34. The van der Waals surface area contributed by atoms with Crippen LogP contribution in [0.25, 0.3) is 0 Å². The number of hydrogen-bond acceptors (Lipinski definition) is 2. The van der Waals surface area contributed by atoms with Crippen molar-refractivity contribution in [2.45, 2.75) is 26.8 Å². The van der Waals surface area contributed by atoms with Gasteiger partial charge in [-0.25, -0.2) is 4.39 Å². The monoisotopic (exact) mass is 238 g/mol. The Hall–Kier alpha value is -1.42. The van der Waals surface area contributed by atoms with Gasteiger partial charge in [0.2, 0.25) is 0 Å². The van der Waals surface area contributed by atoms with E-state index in [-0.39, 0.29) is 11.5 Å². The van der Waals surface area contributed by atoms with Crippen molar-refractivity contribution in [1.29, 1.82) is 0 Å². The molecule has 1 amide bonds. The second kappa shape index (κ2) is 6.35. The molecule has 2 N–H and O–H groups in total. The number of hydrogen-bond donors (Lipinski definition) is 2. The van der Waals surface area contributed by atoms with E-state index < -0.39 is 5.82 Å². The Morgan fingerprint density at radius 1 is 1.35 bits per heavy atom. The van der Waals surface area contributed by atoms with Gasteiger partial charge < -0.3 is 10.6 Å². The first-order valence-corrected chi connectivity index (χ1v) is 5.79. The molecule has 0 aliphatic carbocycles. The Morgan fingerprint density at radius 3 is 2.71 bits per heavy atom. The third-order valence-corrected chi connectivity index (χ3v) is 2.40. The van der Waals surface area contributed by atoms with Gasteiger partial charge in [-0.3, -0.25) is 4.79 Å². The molecule has 0 heterocycles. The summed E-state index contributed by atoms with van der Waals surface area (Å²) in [5.74, 6) is -0.807. The Kier molecular flexibility index (Phi) is 5.10. The van der Waals surface area contributed by atoms with Gasteiger partial charge in [-0.15, -0.1) is 0 Å². The maximum absolute atomic E-state index is 13.6. The van der Waals surface area contributed by atoms with E-state index in [0.717, 1.165) is 0 Å². The molecule has 0 bridgehead atoms. The molecular formula is C13H19FN2O. The standard InChI is InChI=1S/C13H19FN2O/c1-9(2)15-7-8-16-13(17)11-6-4-5-10(3)12(11)14/h4-6,9,15H,7-8H2,1-3H3,(H,16,17). The number of nitrogens with one attached hydrogen (secondary N) is 2. The normalized spacial score (nSPS) is 10.6. The lowest BCUT2D eigenvalue weighted by atomic mass is 10.1. The molecule has 0 aromatic heterocycles. The quantitative estimate of drug-likeness (QED) is 0.769. The third kappa shape index (κ3) is 4.15. The van der Waals surface area contributed by atoms with E-state index in [1.807, 2.05) is 13.8 Å². The summed E-state index contributed by atoms with van der Waals surface area (Å²) >= 11 is 0. The zero-order chi connectivity index (χ0) is 12.8. The third-order valence-electron chi connectivity index (χ3n) is 2.40. The van der Waals surface area contributed by atoms with E-state index in [9.17, 15) is 9.18 Å². The summed E-state index contributed by atoms with van der Waals surface area (Å²) in [5, 5.41) is 5.85. The van der Waals surface area contributed by atoms with Crippen molar-refractivity contribution < 1.29 is 9.18 Å². The molecular weight excluding hydrogens is 219 g/mol. The molecule has 0 saturated heterocycles. The maximum Gasteiger partial charge on any atom is 0.254 e. The van der Waals surface area contributed by atoms with Crippen LogP contribution in [0.1, 0.15) is 29.8 Å². The molecule has 1 rings (SSSR count). The molecule has 17 heavy (non-hydrogen) atoms. The van der Waals surface area contributed by atoms with Crippen molar-refractivity contribution in [2.75, 3.05) is 13.1 Å². The average molecular weight is 238 g/mol. The number of carbonyl (C=O) groups is 1. The topological polar surface area (TPSA) is 41.1 Å². The summed E-state index contributed by atoms with van der Waals surface area (Å²) in [5.41, 5.74) is 0.590. The van der Waals surface area contributed by atoms with Gasteiger partial charge in [0.25, 0.3) is 5.91 Å². The zero-order valence-electron chi connectivity index (χ0n) is 10.5. The molecule has 94 valence electrons. The highest BCUT2D eigenvalue weighted by molar-refractivity contribution is 5.94. The van der Waals surface area contributed by atoms with E-state index >= 15 is 0 Å². The molecule has 1 aromatic carbocycles. The number of aryl methyl sites for hydroxylation is 1. The molecule has 0 unspecified atom stereocenters. The van der Waals surface area contributed by atoms with Crippen LogP contribution in [-0.4, -0.2) is 25.0 Å². The molecule has 0 aliphatic heterocycles. The number of amides is 1. The van der Waals surface area contributed by atoms with Crippen LogP contribution in [0.2, 0.25) is 0 Å². The molecule has 3 nitrogen and oxygen atoms in total. The summed E-state index contributed by atoms with van der Waals surface area (Å²) in [6, 6.07) is 5.20. The maximum atomic E-state index is 13.6. The van der Waals surface area contributed by atoms with Crippen LogP contribution in [0.3, 0.4) is 0 Å². The molecule has 0 spiro atoms. The van der Waals surface area contributed by atoms with Gasteiger partial charge in [0.1, 0.15) is 5.82 Å². The van der Waals surface area contributed by atoms with Gasteiger partial charge in [-0.1, -0.05) is 26.0 Å². The predicted molar refractivity (Wildman–Crippen MR) is 66.6 cm³/mol. The van der Waals surface area contributed by atoms with Crippen molar-refractivity contribution in [3.63, 3.8) is 0 Å². The van der Waals surface area contributed by atoms with Crippen molar-refractivity contribution >= 4 is 5.91 Å². The molecule has 0 radical (unpaired) electrons. The van der Waals surface area contributed by atoms with Gasteiger partial charge >= 0.3 is 0 Å². The summed E-state index contributed by atoms with van der Waals surface area (Å²) in [7, 11) is 0. The fourth-order valence-electron chi connectivity index (χ4n) is 1.45. The summed E-state index contributed by atoms with van der Waals surface area (Å²) in [6.45, 7) is 6.87. The minimum absolute atomic E-state index is 0.106. The van der Waals surface area contributed by atoms with E-state index in [4.69, 9.17) is 0 Å². The summed E-state index contributed by atoms with van der Waals surface area (Å²) < 4.78 is 13.6. The van der Waals surface area contributed by atoms with Crippen LogP contribution >= 0.6 is 0 Å². The summed E-state index contributed by atoms with van der Waals surface area (Å²) in [6.07, 6.45) is 0. The van der Waals surface area contributed by atoms with Crippen LogP contribution in [-0.2, 0) is 0 Å². The van der Waals surface area contributed by atoms with Crippen molar-refractivity contribution in [1.82, 2.24) is 10.6 Å². The first-order valence-electron chi connectivity index (χ1n) is 5.79. The van der Waals surface area contributed by atoms with Crippen LogP contribution in [0.5, 0.6) is 0 Å². The fraction of sp³-hybridized carbons (Fsp3) is 0.462. The Morgan fingerprint density at radius 2 is 2.06 bits per heavy atom. The van der Waals surface area contributed by atoms with Crippen molar-refractivity contribution in [3.8, 4) is 0 Å². The Balaban J connectivity index is 2.50. The van der Waals surface area contributed by atoms with Crippen LogP contribution in [0.15, 0.2) is 18.2 Å². The van der Waals surface area contributed by atoms with E-state index in [0.29, 0.717) is 24.7 Å². The number of carbonyl (C=O) groups excluding carboxylic acids is 1.